The number of hydrogen-bond donors (Lipinski definition) is 2. The number of H-pyrrole nitrogens is 1. The van der Waals surface area contributed by atoms with Gasteiger partial charge in [-0.25, -0.2) is 13.8 Å². The zero-order valence-electron chi connectivity index (χ0n) is 20.7. The fraction of sp³-hybridized carbons (Fsp3) is 0.423. The predicted octanol–water partition coefficient (Wildman–Crippen LogP) is 5.74. The number of rotatable bonds is 7. The van der Waals surface area contributed by atoms with Crippen molar-refractivity contribution < 1.29 is 18.3 Å². The summed E-state index contributed by atoms with van der Waals surface area (Å²) in [5, 5.41) is 10.1. The molecule has 7 nitrogen and oxygen atoms in total. The second-order valence-electron chi connectivity index (χ2n) is 9.49. The van der Waals surface area contributed by atoms with Crippen molar-refractivity contribution in [2.75, 3.05) is 19.0 Å². The van der Waals surface area contributed by atoms with E-state index in [1.165, 1.54) is 25.3 Å². The molecule has 3 heterocycles. The minimum atomic E-state index is -0.966. The molecule has 36 heavy (non-hydrogen) atoms. The molecule has 0 aliphatic carbocycles. The number of nitrogens with zero attached hydrogens (tertiary/aromatic N) is 3. The van der Waals surface area contributed by atoms with Gasteiger partial charge in [-0.1, -0.05) is 23.7 Å². The Labute approximate surface area is 214 Å². The average molecular weight is 518 g/mol. The lowest BCUT2D eigenvalue weighted by Crippen LogP contribution is -2.51. The Morgan fingerprint density at radius 1 is 1.33 bits per heavy atom. The molecule has 0 spiro atoms. The Morgan fingerprint density at radius 3 is 2.78 bits per heavy atom. The Bertz CT molecular complexity index is 1250. The SMILES string of the molecule is COC(=O)[C@]1(Cc2nc(Nc3cc(C)[nH]n3)ccc2F)CCN(C(C)c2cccc(Cl)c2F)[C@H](C)C1. The maximum absolute atomic E-state index is 14.9. The van der Waals surface area contributed by atoms with Crippen LogP contribution in [0, 0.1) is 24.0 Å². The lowest BCUT2D eigenvalue weighted by molar-refractivity contribution is -0.158. The van der Waals surface area contributed by atoms with Gasteiger partial charge in [-0.15, -0.1) is 0 Å². The molecule has 1 aliphatic heterocycles. The van der Waals surface area contributed by atoms with Crippen molar-refractivity contribution in [3.8, 4) is 0 Å². The highest BCUT2D eigenvalue weighted by molar-refractivity contribution is 6.30. The van der Waals surface area contributed by atoms with Gasteiger partial charge in [0.05, 0.1) is 23.2 Å². The van der Waals surface area contributed by atoms with Crippen molar-refractivity contribution in [1.82, 2.24) is 20.1 Å². The number of nitrogens with one attached hydrogen (secondary N) is 2. The minimum Gasteiger partial charge on any atom is -0.469 e. The van der Waals surface area contributed by atoms with Gasteiger partial charge < -0.3 is 10.1 Å². The number of likely N-dealkylation sites (tertiary alicyclic amines) is 1. The molecule has 0 radical (unpaired) electrons. The first-order chi connectivity index (χ1) is 17.1. The third-order valence-corrected chi connectivity index (χ3v) is 7.33. The fourth-order valence-corrected chi connectivity index (χ4v) is 5.37. The molecule has 192 valence electrons. The van der Waals surface area contributed by atoms with E-state index in [0.29, 0.717) is 36.6 Å². The van der Waals surface area contributed by atoms with Crippen LogP contribution in [-0.4, -0.2) is 45.7 Å². The van der Waals surface area contributed by atoms with Crippen LogP contribution in [0.1, 0.15) is 49.7 Å². The highest BCUT2D eigenvalue weighted by atomic mass is 35.5. The molecule has 0 amide bonds. The molecular weight excluding hydrogens is 488 g/mol. The summed E-state index contributed by atoms with van der Waals surface area (Å²) < 4.78 is 34.8. The van der Waals surface area contributed by atoms with Gasteiger partial charge in [0.1, 0.15) is 17.5 Å². The number of methoxy groups -OCH3 is 1. The van der Waals surface area contributed by atoms with E-state index < -0.39 is 23.0 Å². The van der Waals surface area contributed by atoms with Gasteiger partial charge in [0.25, 0.3) is 0 Å². The van der Waals surface area contributed by atoms with Crippen molar-refractivity contribution >= 4 is 29.2 Å². The van der Waals surface area contributed by atoms with Gasteiger partial charge in [0.2, 0.25) is 0 Å². The van der Waals surface area contributed by atoms with Crippen molar-refractivity contribution in [3.05, 3.63) is 70.0 Å². The van der Waals surface area contributed by atoms with E-state index >= 15 is 0 Å². The number of halogens is 3. The molecule has 4 rings (SSSR count). The van der Waals surface area contributed by atoms with Crippen LogP contribution in [0.3, 0.4) is 0 Å². The van der Waals surface area contributed by atoms with Crippen molar-refractivity contribution in [3.63, 3.8) is 0 Å². The van der Waals surface area contributed by atoms with E-state index in [0.717, 1.165) is 5.69 Å². The molecule has 1 aromatic carbocycles. The summed E-state index contributed by atoms with van der Waals surface area (Å²) in [7, 11) is 1.34. The molecular formula is C26H30ClF2N5O2. The van der Waals surface area contributed by atoms with Gasteiger partial charge in [-0.2, -0.15) is 5.10 Å². The zero-order valence-corrected chi connectivity index (χ0v) is 21.5. The first-order valence-electron chi connectivity index (χ1n) is 11.9. The van der Waals surface area contributed by atoms with E-state index in [2.05, 4.69) is 25.4 Å². The molecule has 1 saturated heterocycles. The molecule has 2 N–H and O–H groups in total. The maximum atomic E-state index is 14.9. The number of ether oxygens (including phenoxy) is 1. The number of esters is 1. The third-order valence-electron chi connectivity index (χ3n) is 7.03. The summed E-state index contributed by atoms with van der Waals surface area (Å²) in [6.45, 7) is 6.27. The van der Waals surface area contributed by atoms with Crippen molar-refractivity contribution in [2.24, 2.45) is 5.41 Å². The molecule has 1 fully saturated rings. The Hall–Kier alpha value is -3.04. The molecule has 3 aromatic rings. The van der Waals surface area contributed by atoms with Crippen LogP contribution in [0.25, 0.3) is 0 Å². The number of piperidine rings is 1. The summed E-state index contributed by atoms with van der Waals surface area (Å²) in [6.07, 6.45) is 0.899. The largest absolute Gasteiger partial charge is 0.469 e. The highest BCUT2D eigenvalue weighted by Crippen LogP contribution is 2.42. The fourth-order valence-electron chi connectivity index (χ4n) is 5.19. The summed E-state index contributed by atoms with van der Waals surface area (Å²) in [5.74, 6) is -0.353. The van der Waals surface area contributed by atoms with Crippen LogP contribution in [0.4, 0.5) is 20.4 Å². The van der Waals surface area contributed by atoms with Crippen molar-refractivity contribution in [2.45, 2.75) is 52.1 Å². The number of benzene rings is 1. The molecule has 1 aliphatic rings. The van der Waals surface area contributed by atoms with E-state index in [1.807, 2.05) is 26.8 Å². The van der Waals surface area contributed by atoms with E-state index in [9.17, 15) is 13.6 Å². The summed E-state index contributed by atoms with van der Waals surface area (Å²) in [4.78, 5) is 19.7. The predicted molar refractivity (Wildman–Crippen MR) is 134 cm³/mol. The van der Waals surface area contributed by atoms with E-state index in [-0.39, 0.29) is 29.2 Å². The lowest BCUT2D eigenvalue weighted by atomic mass is 9.71. The summed E-state index contributed by atoms with van der Waals surface area (Å²) in [6, 6.07) is 9.27. The number of aromatic amines is 1. The van der Waals surface area contributed by atoms with Gasteiger partial charge in [0.15, 0.2) is 5.82 Å². The topological polar surface area (TPSA) is 83.1 Å². The third kappa shape index (κ3) is 5.22. The normalized spacial score (nSPS) is 21.2. The van der Waals surface area contributed by atoms with Gasteiger partial charge >= 0.3 is 5.97 Å². The minimum absolute atomic E-state index is 0.0768. The van der Waals surface area contributed by atoms with Crippen LogP contribution < -0.4 is 5.32 Å². The molecule has 2 aromatic heterocycles. The average Bonchev–Trinajstić information content (AvgIpc) is 3.26. The Morgan fingerprint density at radius 2 is 2.11 bits per heavy atom. The second-order valence-corrected chi connectivity index (χ2v) is 9.90. The lowest BCUT2D eigenvalue weighted by Gasteiger charge is -2.46. The second kappa shape index (κ2) is 10.5. The van der Waals surface area contributed by atoms with Crippen LogP contribution in [-0.2, 0) is 16.0 Å². The van der Waals surface area contributed by atoms with Gasteiger partial charge in [0, 0.05) is 42.4 Å². The van der Waals surface area contributed by atoms with Crippen molar-refractivity contribution in [1.29, 1.82) is 0 Å². The molecule has 10 heteroatoms. The summed E-state index contributed by atoms with van der Waals surface area (Å²) >= 11 is 6.00. The summed E-state index contributed by atoms with van der Waals surface area (Å²) in [5.41, 5.74) is 0.580. The standard InChI is InChI=1S/C26H30ClF2N5O2/c1-15-12-23(33-32-15)31-22-9-8-20(28)21(30-22)14-26(25(35)36-4)10-11-34(16(2)13-26)17(3)18-6-5-7-19(27)24(18)29/h5-9,12,16-17H,10-11,13-14H2,1-4H3,(H2,30,31,32,33)/t16-,17?,26-/m1/s1. The number of aryl methyl sites for hydroxylation is 1. The van der Waals surface area contributed by atoms with Gasteiger partial charge in [-0.05, 0) is 51.8 Å². The number of hydrogen-bond acceptors (Lipinski definition) is 6. The van der Waals surface area contributed by atoms with Crippen LogP contribution in [0.15, 0.2) is 36.4 Å². The van der Waals surface area contributed by atoms with Crippen LogP contribution in [0.5, 0.6) is 0 Å². The zero-order chi connectivity index (χ0) is 26.0. The maximum Gasteiger partial charge on any atom is 0.312 e. The number of anilines is 2. The molecule has 3 atom stereocenters. The van der Waals surface area contributed by atoms with Crippen LogP contribution >= 0.6 is 11.6 Å². The first kappa shape index (κ1) is 26.0. The quantitative estimate of drug-likeness (QED) is 0.389. The van der Waals surface area contributed by atoms with E-state index in [4.69, 9.17) is 16.3 Å². The first-order valence-corrected chi connectivity index (χ1v) is 12.2. The number of carbonyl (C=O) groups is 1. The number of carbonyl (C=O) groups excluding carboxylic acids is 1. The van der Waals surface area contributed by atoms with Gasteiger partial charge in [-0.3, -0.25) is 14.8 Å². The number of pyridine rings is 1. The monoisotopic (exact) mass is 517 g/mol. The Balaban J connectivity index is 1.57. The smallest absolute Gasteiger partial charge is 0.312 e. The Kier molecular flexibility index (Phi) is 7.61. The highest BCUT2D eigenvalue weighted by Gasteiger charge is 2.47. The molecule has 1 unspecified atom stereocenters. The van der Waals surface area contributed by atoms with E-state index in [1.54, 1.807) is 12.1 Å². The molecule has 0 saturated carbocycles. The van der Waals surface area contributed by atoms with Crippen LogP contribution in [0.2, 0.25) is 5.02 Å². The molecule has 0 bridgehead atoms. The number of aromatic nitrogens is 3.